The lowest BCUT2D eigenvalue weighted by Gasteiger charge is -2.38. The van der Waals surface area contributed by atoms with Crippen LogP contribution >= 0.6 is 0 Å². The largest absolute Gasteiger partial charge is 0.480 e. The molecule has 0 saturated heterocycles. The molecule has 1 atom stereocenters. The quantitative estimate of drug-likeness (QED) is 0.205. The van der Waals surface area contributed by atoms with Crippen LogP contribution in [0.3, 0.4) is 0 Å². The zero-order valence-corrected chi connectivity index (χ0v) is 24.2. The van der Waals surface area contributed by atoms with Gasteiger partial charge in [-0.25, -0.2) is 14.6 Å². The third kappa shape index (κ3) is 6.68. The van der Waals surface area contributed by atoms with Crippen LogP contribution in [0.2, 0.25) is 0 Å². The maximum atomic E-state index is 12.2. The first-order valence-corrected chi connectivity index (χ1v) is 14.1. The van der Waals surface area contributed by atoms with E-state index >= 15 is 0 Å². The molecule has 0 unspecified atom stereocenters. The number of hydrogen-bond donors (Lipinski definition) is 2. The number of amides is 1. The molecule has 41 heavy (non-hydrogen) atoms. The zero-order valence-electron chi connectivity index (χ0n) is 24.2. The summed E-state index contributed by atoms with van der Waals surface area (Å²) in [5.41, 5.74) is 3.96. The second kappa shape index (κ2) is 12.9. The van der Waals surface area contributed by atoms with Gasteiger partial charge < -0.3 is 19.7 Å². The fourth-order valence-electron chi connectivity index (χ4n) is 5.42. The molecule has 3 aromatic carbocycles. The second-order valence-electron chi connectivity index (χ2n) is 11.1. The van der Waals surface area contributed by atoms with E-state index in [4.69, 9.17) is 9.72 Å². The molecule has 0 fully saturated rings. The van der Waals surface area contributed by atoms with Gasteiger partial charge in [0.15, 0.2) is 0 Å². The van der Waals surface area contributed by atoms with E-state index in [0.717, 1.165) is 34.5 Å². The number of aliphatic carboxylic acids is 1. The number of aryl methyl sites for hydroxylation is 1. The Morgan fingerprint density at radius 2 is 1.37 bits per heavy atom. The minimum absolute atomic E-state index is 0.256. The first-order valence-electron chi connectivity index (χ1n) is 14.1. The van der Waals surface area contributed by atoms with Crippen LogP contribution in [0.25, 0.3) is 0 Å². The smallest absolute Gasteiger partial charge is 0.408 e. The van der Waals surface area contributed by atoms with Crippen molar-refractivity contribution >= 4 is 12.1 Å². The first kappa shape index (κ1) is 29.6. The standard InChI is InChI=1S/C34H39N3O4/c1-5-30-28(22-15-23-29(31(38)39)36-32(40)41-33(2,3)4)35-24-37(30)34(25-16-9-6-10-17-25,26-18-11-7-12-19-26)27-20-13-8-14-21-27/h6-14,16-21,24,29H,5,15,22-23H2,1-4H3,(H,36,40)(H,38,39)/t29-/m0/s1. The predicted octanol–water partition coefficient (Wildman–Crippen LogP) is 6.59. The monoisotopic (exact) mass is 553 g/mol. The topological polar surface area (TPSA) is 93.4 Å². The first-order chi connectivity index (χ1) is 19.7. The van der Waals surface area contributed by atoms with Gasteiger partial charge in [-0.15, -0.1) is 0 Å². The van der Waals surface area contributed by atoms with Gasteiger partial charge in [-0.2, -0.15) is 0 Å². The molecule has 7 heteroatoms. The third-order valence-electron chi connectivity index (χ3n) is 7.12. The van der Waals surface area contributed by atoms with Crippen molar-refractivity contribution in [1.29, 1.82) is 0 Å². The van der Waals surface area contributed by atoms with Crippen LogP contribution in [-0.4, -0.2) is 38.4 Å². The molecule has 4 aromatic rings. The molecule has 1 amide bonds. The van der Waals surface area contributed by atoms with Crippen molar-refractivity contribution in [2.24, 2.45) is 0 Å². The lowest BCUT2D eigenvalue weighted by atomic mass is 9.76. The summed E-state index contributed by atoms with van der Waals surface area (Å²) in [5.74, 6) is -1.09. The van der Waals surface area contributed by atoms with Crippen molar-refractivity contribution in [3.63, 3.8) is 0 Å². The van der Waals surface area contributed by atoms with E-state index in [1.54, 1.807) is 20.8 Å². The van der Waals surface area contributed by atoms with Gasteiger partial charge in [0.2, 0.25) is 0 Å². The number of carboxylic acids is 1. The average molecular weight is 554 g/mol. The van der Waals surface area contributed by atoms with E-state index in [0.29, 0.717) is 12.8 Å². The van der Waals surface area contributed by atoms with Crippen LogP contribution in [0.15, 0.2) is 97.3 Å². The molecule has 4 rings (SSSR count). The Kier molecular flexibility index (Phi) is 9.28. The number of ether oxygens (including phenoxy) is 1. The third-order valence-corrected chi connectivity index (χ3v) is 7.12. The molecule has 1 aromatic heterocycles. The SMILES string of the molecule is CCc1c(CCC[C@H](NC(=O)OC(C)(C)C)C(=O)O)ncn1C(c1ccccc1)(c1ccccc1)c1ccccc1. The van der Waals surface area contributed by atoms with Crippen molar-refractivity contribution < 1.29 is 19.4 Å². The maximum Gasteiger partial charge on any atom is 0.408 e. The van der Waals surface area contributed by atoms with Crippen molar-refractivity contribution in [1.82, 2.24) is 14.9 Å². The predicted molar refractivity (Wildman–Crippen MR) is 160 cm³/mol. The Labute approximate surface area is 242 Å². The van der Waals surface area contributed by atoms with E-state index in [9.17, 15) is 14.7 Å². The normalized spacial score (nSPS) is 12.5. The molecule has 0 bridgehead atoms. The molecular formula is C34H39N3O4. The van der Waals surface area contributed by atoms with Crippen molar-refractivity contribution in [2.75, 3.05) is 0 Å². The molecule has 1 heterocycles. The van der Waals surface area contributed by atoms with Crippen LogP contribution in [0.4, 0.5) is 4.79 Å². The van der Waals surface area contributed by atoms with E-state index in [-0.39, 0.29) is 6.42 Å². The number of aromatic nitrogens is 2. The summed E-state index contributed by atoms with van der Waals surface area (Å²) >= 11 is 0. The fraction of sp³-hybridized carbons (Fsp3) is 0.324. The zero-order chi connectivity index (χ0) is 29.5. The number of nitrogens with zero attached hydrogens (tertiary/aromatic N) is 2. The molecule has 214 valence electrons. The Morgan fingerprint density at radius 3 is 1.78 bits per heavy atom. The summed E-state index contributed by atoms with van der Waals surface area (Å²) < 4.78 is 7.53. The van der Waals surface area contributed by atoms with E-state index in [2.05, 4.69) is 89.6 Å². The highest BCUT2D eigenvalue weighted by molar-refractivity contribution is 5.80. The number of benzene rings is 3. The lowest BCUT2D eigenvalue weighted by molar-refractivity contribution is -0.139. The van der Waals surface area contributed by atoms with E-state index in [1.165, 1.54) is 0 Å². The van der Waals surface area contributed by atoms with E-state index < -0.39 is 29.2 Å². The van der Waals surface area contributed by atoms with Crippen molar-refractivity contribution in [3.05, 3.63) is 125 Å². The van der Waals surface area contributed by atoms with Gasteiger partial charge in [0.25, 0.3) is 0 Å². The van der Waals surface area contributed by atoms with E-state index in [1.807, 2.05) is 24.5 Å². The van der Waals surface area contributed by atoms with Gasteiger partial charge in [0, 0.05) is 5.69 Å². The molecule has 0 saturated carbocycles. The number of carboxylic acid groups (broad SMARTS) is 1. The van der Waals surface area contributed by atoms with Gasteiger partial charge in [-0.1, -0.05) is 97.9 Å². The van der Waals surface area contributed by atoms with Gasteiger partial charge in [-0.05, 0) is 63.1 Å². The van der Waals surface area contributed by atoms with Gasteiger partial charge in [0.1, 0.15) is 17.2 Å². The van der Waals surface area contributed by atoms with Gasteiger partial charge >= 0.3 is 12.1 Å². The Hall–Kier alpha value is -4.39. The number of imidazole rings is 1. The highest BCUT2D eigenvalue weighted by Crippen LogP contribution is 2.42. The summed E-state index contributed by atoms with van der Waals surface area (Å²) in [7, 11) is 0. The molecule has 0 aliphatic rings. The fourth-order valence-corrected chi connectivity index (χ4v) is 5.42. The summed E-state index contributed by atoms with van der Waals surface area (Å²) in [4.78, 5) is 29.0. The highest BCUT2D eigenvalue weighted by atomic mass is 16.6. The highest BCUT2D eigenvalue weighted by Gasteiger charge is 2.40. The molecule has 0 radical (unpaired) electrons. The summed E-state index contributed by atoms with van der Waals surface area (Å²) in [6.07, 6.45) is 3.28. The number of alkyl carbamates (subject to hydrolysis) is 1. The maximum absolute atomic E-state index is 12.2. The summed E-state index contributed by atoms with van der Waals surface area (Å²) in [6.45, 7) is 7.34. The summed E-state index contributed by atoms with van der Waals surface area (Å²) in [6, 6.07) is 30.3. The Balaban J connectivity index is 1.71. The molecule has 0 aliphatic heterocycles. The molecule has 0 aliphatic carbocycles. The number of rotatable bonds is 11. The van der Waals surface area contributed by atoms with Crippen LogP contribution < -0.4 is 5.32 Å². The van der Waals surface area contributed by atoms with Crippen molar-refractivity contribution in [3.8, 4) is 0 Å². The summed E-state index contributed by atoms with van der Waals surface area (Å²) in [5, 5.41) is 12.2. The number of hydrogen-bond acceptors (Lipinski definition) is 4. The second-order valence-corrected chi connectivity index (χ2v) is 11.1. The number of carbonyl (C=O) groups is 2. The molecule has 0 spiro atoms. The minimum atomic E-state index is -1.09. The van der Waals surface area contributed by atoms with Gasteiger partial charge in [-0.3, -0.25) is 0 Å². The number of nitrogens with one attached hydrogen (secondary N) is 1. The van der Waals surface area contributed by atoms with Gasteiger partial charge in [0.05, 0.1) is 12.0 Å². The van der Waals surface area contributed by atoms with Crippen molar-refractivity contribution in [2.45, 2.75) is 70.6 Å². The molecule has 7 nitrogen and oxygen atoms in total. The minimum Gasteiger partial charge on any atom is -0.480 e. The molecule has 2 N–H and O–H groups in total. The van der Waals surface area contributed by atoms with Crippen LogP contribution in [0, 0.1) is 0 Å². The lowest BCUT2D eigenvalue weighted by Crippen LogP contribution is -2.43. The average Bonchev–Trinajstić information content (AvgIpc) is 3.36. The van der Waals surface area contributed by atoms with Crippen LogP contribution in [0.1, 0.15) is 68.6 Å². The van der Waals surface area contributed by atoms with Crippen LogP contribution in [-0.2, 0) is 27.9 Å². The van der Waals surface area contributed by atoms with Crippen LogP contribution in [0.5, 0.6) is 0 Å². The number of carbonyl (C=O) groups excluding carboxylic acids is 1. The molecular weight excluding hydrogens is 514 g/mol. The Bertz CT molecular complexity index is 1330. The Morgan fingerprint density at radius 1 is 0.878 bits per heavy atom.